The van der Waals surface area contributed by atoms with Crippen molar-refractivity contribution in [3.05, 3.63) is 235 Å². The van der Waals surface area contributed by atoms with E-state index in [1.165, 1.54) is 44.3 Å². The van der Waals surface area contributed by atoms with E-state index in [0.29, 0.717) is 0 Å². The number of benzene rings is 10. The lowest BCUT2D eigenvalue weighted by Crippen LogP contribution is -2.61. The number of thiazole rings is 1. The highest BCUT2D eigenvalue weighted by atomic mass is 32.1. The molecule has 10 aromatic carbocycles. The molecule has 0 atom stereocenters. The molecule has 0 amide bonds. The van der Waals surface area contributed by atoms with E-state index >= 15 is 0 Å². The molecule has 7 heteroatoms. The zero-order valence-electron chi connectivity index (χ0n) is 47.0. The Kier molecular flexibility index (Phi) is 11.5. The first-order valence-electron chi connectivity index (χ1n) is 28.0. The Morgan fingerprint density at radius 1 is 0.412 bits per heavy atom. The standard InChI is InChI=1S/C73H63BN4OS/c1-71(2,3)49-28-25-47(26-29-49)70-75-61-45-63-60(44-68(61)80-70)74-59-36-34-56(76(52-21-15-11-16-22-52)53-23-17-12-18-24-53)43-62(59)77(54-32-30-50(31-33-54)72(4,5)6)64-40-51(73(7,8)9)41-65(69(64)74)78(63)55-35-38-67-58(42-55)57-39-48(27-37-66(57)79-67)46-19-13-10-14-20-46/h10-45H,1-9H3. The average molecular weight is 1060 g/mol. The molecule has 2 aliphatic rings. The second kappa shape index (κ2) is 18.5. The van der Waals surface area contributed by atoms with E-state index in [2.05, 4.69) is 295 Å². The number of hydrogen-bond acceptors (Lipinski definition) is 6. The number of fused-ring (bicyclic) bond motifs is 8. The van der Waals surface area contributed by atoms with Crippen LogP contribution in [0.1, 0.15) is 79.0 Å². The van der Waals surface area contributed by atoms with E-state index in [0.717, 1.165) is 93.8 Å². The molecule has 390 valence electrons. The van der Waals surface area contributed by atoms with Gasteiger partial charge in [0.2, 0.25) is 0 Å². The molecule has 5 nitrogen and oxygen atoms in total. The van der Waals surface area contributed by atoms with Gasteiger partial charge in [0.25, 0.3) is 6.71 Å². The van der Waals surface area contributed by atoms with Crippen molar-refractivity contribution in [2.45, 2.75) is 78.6 Å². The SMILES string of the molecule is CC(C)(C)c1ccc(-c2nc3cc4c(cc3s2)B2c3ccc(N(c5ccccc5)c5ccccc5)cc3N(c3ccc(C(C)(C)C)cc3)c3cc(C(C)(C)C)cc(c32)N4c2ccc3oc4ccc(-c5ccccc5)cc4c3c2)cc1. The minimum Gasteiger partial charge on any atom is -0.456 e. The van der Waals surface area contributed by atoms with Crippen LogP contribution in [0, 0.1) is 0 Å². The zero-order chi connectivity index (χ0) is 54.8. The normalized spacial score (nSPS) is 13.2. The molecule has 14 rings (SSSR count). The van der Waals surface area contributed by atoms with Crippen molar-refractivity contribution >= 4 is 118 Å². The summed E-state index contributed by atoms with van der Waals surface area (Å²) in [7, 11) is 0. The van der Waals surface area contributed by atoms with E-state index in [4.69, 9.17) is 9.40 Å². The maximum Gasteiger partial charge on any atom is 0.252 e. The summed E-state index contributed by atoms with van der Waals surface area (Å²) in [6.07, 6.45) is 0. The number of rotatable bonds is 7. The lowest BCUT2D eigenvalue weighted by molar-refractivity contribution is 0.590. The van der Waals surface area contributed by atoms with Gasteiger partial charge >= 0.3 is 0 Å². The Bertz CT molecular complexity index is 4320. The van der Waals surface area contributed by atoms with Crippen molar-refractivity contribution in [3.8, 4) is 21.7 Å². The molecule has 0 fully saturated rings. The van der Waals surface area contributed by atoms with Crippen LogP contribution < -0.4 is 31.1 Å². The third-order valence-electron chi connectivity index (χ3n) is 16.5. The van der Waals surface area contributed by atoms with Crippen LogP contribution in [-0.2, 0) is 16.2 Å². The lowest BCUT2D eigenvalue weighted by Gasteiger charge is -2.45. The van der Waals surface area contributed by atoms with Crippen LogP contribution in [0.3, 0.4) is 0 Å². The Morgan fingerprint density at radius 3 is 1.55 bits per heavy atom. The van der Waals surface area contributed by atoms with Gasteiger partial charge in [-0.3, -0.25) is 0 Å². The van der Waals surface area contributed by atoms with Crippen molar-refractivity contribution in [3.63, 3.8) is 0 Å². The fourth-order valence-corrected chi connectivity index (χ4v) is 13.2. The van der Waals surface area contributed by atoms with Gasteiger partial charge in [-0.15, -0.1) is 11.3 Å². The summed E-state index contributed by atoms with van der Waals surface area (Å²) in [4.78, 5) is 13.0. The molecule has 0 bridgehead atoms. The minimum absolute atomic E-state index is 0.0136. The Hall–Kier alpha value is -8.65. The van der Waals surface area contributed by atoms with Crippen LogP contribution in [0.25, 0.3) is 53.9 Å². The molecule has 0 saturated carbocycles. The maximum atomic E-state index is 6.66. The average Bonchev–Trinajstić information content (AvgIpc) is 4.01. The van der Waals surface area contributed by atoms with Crippen molar-refractivity contribution in [2.75, 3.05) is 14.7 Å². The van der Waals surface area contributed by atoms with Crippen LogP contribution in [0.2, 0.25) is 0 Å². The molecule has 0 radical (unpaired) electrons. The van der Waals surface area contributed by atoms with Gasteiger partial charge in [0.15, 0.2) is 0 Å². The predicted octanol–water partition coefficient (Wildman–Crippen LogP) is 19.0. The van der Waals surface area contributed by atoms with Crippen LogP contribution in [0.4, 0.5) is 51.2 Å². The fraction of sp³-hybridized carbons (Fsp3) is 0.164. The molecular formula is C73H63BN4OS. The first kappa shape index (κ1) is 49.6. The molecule has 12 aromatic rings. The Morgan fingerprint density at radius 2 is 0.938 bits per heavy atom. The zero-order valence-corrected chi connectivity index (χ0v) is 47.8. The van der Waals surface area contributed by atoms with Crippen LogP contribution in [-0.4, -0.2) is 11.7 Å². The van der Waals surface area contributed by atoms with Gasteiger partial charge in [-0.2, -0.15) is 0 Å². The summed E-state index contributed by atoms with van der Waals surface area (Å²) in [6.45, 7) is 20.6. The van der Waals surface area contributed by atoms with E-state index in [-0.39, 0.29) is 23.0 Å². The monoisotopic (exact) mass is 1050 g/mol. The second-order valence-electron chi connectivity index (χ2n) is 24.9. The number of para-hydroxylation sites is 2. The van der Waals surface area contributed by atoms with Gasteiger partial charge < -0.3 is 19.1 Å². The van der Waals surface area contributed by atoms with E-state index in [1.807, 2.05) is 0 Å². The van der Waals surface area contributed by atoms with Crippen molar-refractivity contribution in [2.24, 2.45) is 0 Å². The number of aromatic nitrogens is 1. The van der Waals surface area contributed by atoms with Gasteiger partial charge in [0.1, 0.15) is 16.2 Å². The summed E-state index contributed by atoms with van der Waals surface area (Å²) in [6, 6.07) is 80.9. The number of anilines is 9. The van der Waals surface area contributed by atoms with Crippen molar-refractivity contribution in [1.82, 2.24) is 4.98 Å². The molecule has 0 N–H and O–H groups in total. The highest BCUT2D eigenvalue weighted by Crippen LogP contribution is 2.50. The maximum absolute atomic E-state index is 6.66. The molecule has 80 heavy (non-hydrogen) atoms. The van der Waals surface area contributed by atoms with Crippen molar-refractivity contribution in [1.29, 1.82) is 0 Å². The van der Waals surface area contributed by atoms with E-state index < -0.39 is 0 Å². The summed E-state index contributed by atoms with van der Waals surface area (Å²) >= 11 is 1.78. The van der Waals surface area contributed by atoms with E-state index in [9.17, 15) is 0 Å². The predicted molar refractivity (Wildman–Crippen MR) is 343 cm³/mol. The fourth-order valence-electron chi connectivity index (χ4n) is 12.2. The van der Waals surface area contributed by atoms with Crippen molar-refractivity contribution < 1.29 is 4.42 Å². The van der Waals surface area contributed by atoms with E-state index in [1.54, 1.807) is 11.3 Å². The van der Waals surface area contributed by atoms with Gasteiger partial charge in [0, 0.05) is 67.5 Å². The number of nitrogens with zero attached hydrogens (tertiary/aromatic N) is 4. The third kappa shape index (κ3) is 8.40. The number of furan rings is 1. The minimum atomic E-state index is -0.205. The first-order valence-corrected chi connectivity index (χ1v) is 28.9. The molecular weight excluding hydrogens is 992 g/mol. The highest BCUT2D eigenvalue weighted by molar-refractivity contribution is 7.21. The summed E-state index contributed by atoms with van der Waals surface area (Å²) < 4.78 is 7.82. The lowest BCUT2D eigenvalue weighted by atomic mass is 9.33. The highest BCUT2D eigenvalue weighted by Gasteiger charge is 2.45. The molecule has 0 unspecified atom stereocenters. The van der Waals surface area contributed by atoms with Gasteiger partial charge in [-0.25, -0.2) is 4.98 Å². The Balaban J connectivity index is 1.05. The Labute approximate surface area is 474 Å². The largest absolute Gasteiger partial charge is 0.456 e. The quantitative estimate of drug-likeness (QED) is 0.149. The summed E-state index contributed by atoms with van der Waals surface area (Å²) in [5.41, 5.74) is 23.7. The number of hydrogen-bond donors (Lipinski definition) is 0. The molecule has 2 aliphatic heterocycles. The first-order chi connectivity index (χ1) is 38.5. The van der Waals surface area contributed by atoms with Gasteiger partial charge in [-0.05, 0) is 164 Å². The smallest absolute Gasteiger partial charge is 0.252 e. The molecule has 0 spiro atoms. The molecule has 0 saturated heterocycles. The van der Waals surface area contributed by atoms with Gasteiger partial charge in [-0.1, -0.05) is 178 Å². The van der Waals surface area contributed by atoms with Gasteiger partial charge in [0.05, 0.1) is 10.2 Å². The molecule has 2 aromatic heterocycles. The topological polar surface area (TPSA) is 35.8 Å². The van der Waals surface area contributed by atoms with Crippen LogP contribution in [0.15, 0.2) is 223 Å². The van der Waals surface area contributed by atoms with Crippen LogP contribution >= 0.6 is 11.3 Å². The summed E-state index contributed by atoms with van der Waals surface area (Å²) in [5, 5.41) is 3.19. The molecule has 4 heterocycles. The summed E-state index contributed by atoms with van der Waals surface area (Å²) in [5.74, 6) is 0. The van der Waals surface area contributed by atoms with Crippen LogP contribution in [0.5, 0.6) is 0 Å². The molecule has 0 aliphatic carbocycles. The third-order valence-corrected chi connectivity index (χ3v) is 17.6. The second-order valence-corrected chi connectivity index (χ2v) is 25.9.